The van der Waals surface area contributed by atoms with Gasteiger partial charge in [0, 0.05) is 30.6 Å². The predicted molar refractivity (Wildman–Crippen MR) is 130 cm³/mol. The standard InChI is InChI=1S/C26H23BF5N3O5/c1-13(2)40-16-4-6-18(19(10-16)26(30,31)32)25(28,29)23(39)33-11-14-3-5-17-15(9-14)12-35(21(17)37)24(27)8-7-20(36)34-22(24)38/h3-6,9-10,13H,7-8,11-12H2,1-2H3,(H,33,39)(H,34,36,38)/t24-/m0/s1. The van der Waals surface area contributed by atoms with E-state index in [-0.39, 0.29) is 36.3 Å². The van der Waals surface area contributed by atoms with E-state index in [1.54, 1.807) is 13.8 Å². The Labute approximate surface area is 226 Å². The number of halogens is 5. The van der Waals surface area contributed by atoms with Gasteiger partial charge in [-0.1, -0.05) is 12.1 Å². The van der Waals surface area contributed by atoms with Crippen molar-refractivity contribution in [2.24, 2.45) is 0 Å². The number of imide groups is 1. The molecule has 2 aliphatic heterocycles. The Balaban J connectivity index is 1.50. The van der Waals surface area contributed by atoms with Crippen LogP contribution in [0.25, 0.3) is 0 Å². The molecule has 0 saturated carbocycles. The SMILES string of the molecule is [B][C@]1(N2Cc3cc(CNC(=O)C(F)(F)c4ccc(OC(C)C)cc4C(F)(F)F)ccc3C2=O)CCC(=O)NC1=O. The van der Waals surface area contributed by atoms with Crippen LogP contribution in [0.3, 0.4) is 0 Å². The molecule has 2 N–H and O–H groups in total. The molecule has 0 bridgehead atoms. The minimum absolute atomic E-state index is 0.0720. The molecule has 0 unspecified atom stereocenters. The maximum Gasteiger partial charge on any atom is 0.417 e. The average molecular weight is 563 g/mol. The van der Waals surface area contributed by atoms with Crippen molar-refractivity contribution in [2.75, 3.05) is 0 Å². The topological polar surface area (TPSA) is 105 Å². The monoisotopic (exact) mass is 563 g/mol. The Morgan fingerprint density at radius 1 is 1.10 bits per heavy atom. The summed E-state index contributed by atoms with van der Waals surface area (Å²) >= 11 is 0. The van der Waals surface area contributed by atoms with Gasteiger partial charge in [0.25, 0.3) is 11.8 Å². The molecule has 1 fully saturated rings. The number of fused-ring (bicyclic) bond motifs is 1. The van der Waals surface area contributed by atoms with Gasteiger partial charge in [0.1, 0.15) is 13.6 Å². The number of hydrogen-bond acceptors (Lipinski definition) is 5. The summed E-state index contributed by atoms with van der Waals surface area (Å²) in [5.74, 6) is -8.70. The van der Waals surface area contributed by atoms with E-state index in [0.29, 0.717) is 17.7 Å². The van der Waals surface area contributed by atoms with Gasteiger partial charge in [0.05, 0.1) is 17.1 Å². The molecule has 2 radical (unpaired) electrons. The lowest BCUT2D eigenvalue weighted by atomic mass is 9.70. The number of amides is 4. The molecular weight excluding hydrogens is 540 g/mol. The Hall–Kier alpha value is -3.97. The van der Waals surface area contributed by atoms with Crippen LogP contribution in [0, 0.1) is 0 Å². The average Bonchev–Trinajstić information content (AvgIpc) is 3.20. The zero-order valence-corrected chi connectivity index (χ0v) is 21.3. The van der Waals surface area contributed by atoms with Crippen LogP contribution >= 0.6 is 0 Å². The number of nitrogens with zero attached hydrogens (tertiary/aromatic N) is 1. The van der Waals surface area contributed by atoms with E-state index in [4.69, 9.17) is 12.6 Å². The minimum atomic E-state index is -5.18. The molecule has 0 aliphatic carbocycles. The van der Waals surface area contributed by atoms with Crippen molar-refractivity contribution >= 4 is 31.5 Å². The number of rotatable bonds is 7. The maximum atomic E-state index is 15.0. The molecule has 8 nitrogen and oxygen atoms in total. The van der Waals surface area contributed by atoms with Crippen molar-refractivity contribution in [3.8, 4) is 5.75 Å². The summed E-state index contributed by atoms with van der Waals surface area (Å²) in [6, 6.07) is 6.02. The lowest BCUT2D eigenvalue weighted by molar-refractivity contribution is -0.153. The lowest BCUT2D eigenvalue weighted by Gasteiger charge is -2.40. The second kappa shape index (κ2) is 10.2. The van der Waals surface area contributed by atoms with Gasteiger partial charge in [0.2, 0.25) is 11.8 Å². The van der Waals surface area contributed by atoms with Crippen LogP contribution in [0.4, 0.5) is 22.0 Å². The van der Waals surface area contributed by atoms with Crippen molar-refractivity contribution in [3.63, 3.8) is 0 Å². The van der Waals surface area contributed by atoms with E-state index >= 15 is 0 Å². The number of nitrogens with one attached hydrogen (secondary N) is 2. The molecule has 2 aromatic carbocycles. The van der Waals surface area contributed by atoms with Crippen LogP contribution in [0.2, 0.25) is 0 Å². The second-order valence-electron chi connectivity index (χ2n) is 9.81. The van der Waals surface area contributed by atoms with Crippen LogP contribution in [-0.4, -0.2) is 47.9 Å². The third kappa shape index (κ3) is 5.39. The van der Waals surface area contributed by atoms with E-state index in [9.17, 15) is 41.1 Å². The lowest BCUT2D eigenvalue weighted by Crippen LogP contribution is -2.63. The van der Waals surface area contributed by atoms with Crippen molar-refractivity contribution < 1.29 is 45.9 Å². The van der Waals surface area contributed by atoms with Crippen molar-refractivity contribution in [1.29, 1.82) is 0 Å². The first-order valence-corrected chi connectivity index (χ1v) is 12.2. The first-order chi connectivity index (χ1) is 18.5. The molecule has 2 aliphatic rings. The van der Waals surface area contributed by atoms with Crippen LogP contribution in [-0.2, 0) is 39.6 Å². The molecular formula is C26H23BF5N3O5. The summed E-state index contributed by atoms with van der Waals surface area (Å²) in [6.07, 6.45) is -5.86. The largest absolute Gasteiger partial charge is 0.491 e. The highest BCUT2D eigenvalue weighted by Crippen LogP contribution is 2.41. The molecule has 1 saturated heterocycles. The normalized spacial score (nSPS) is 19.5. The number of hydrogen-bond donors (Lipinski definition) is 2. The van der Waals surface area contributed by atoms with Crippen molar-refractivity contribution in [2.45, 2.75) is 63.4 Å². The molecule has 210 valence electrons. The van der Waals surface area contributed by atoms with Gasteiger partial charge in [0.15, 0.2) is 0 Å². The van der Waals surface area contributed by atoms with Crippen molar-refractivity contribution in [1.82, 2.24) is 15.5 Å². The molecule has 2 aromatic rings. The predicted octanol–water partition coefficient (Wildman–Crippen LogP) is 3.16. The molecule has 4 rings (SSSR count). The summed E-state index contributed by atoms with van der Waals surface area (Å²) < 4.78 is 76.0. The van der Waals surface area contributed by atoms with Gasteiger partial charge in [-0.15, -0.1) is 0 Å². The Morgan fingerprint density at radius 3 is 2.42 bits per heavy atom. The van der Waals surface area contributed by atoms with Gasteiger partial charge in [-0.2, -0.15) is 22.0 Å². The Bertz CT molecular complexity index is 1400. The fourth-order valence-electron chi connectivity index (χ4n) is 4.57. The minimum Gasteiger partial charge on any atom is -0.491 e. The van der Waals surface area contributed by atoms with Gasteiger partial charge in [-0.25, -0.2) is 0 Å². The van der Waals surface area contributed by atoms with Crippen molar-refractivity contribution in [3.05, 3.63) is 64.2 Å². The maximum absolute atomic E-state index is 15.0. The quantitative estimate of drug-likeness (QED) is 0.306. The summed E-state index contributed by atoms with van der Waals surface area (Å²) in [4.78, 5) is 50.3. The van der Waals surface area contributed by atoms with Gasteiger partial charge < -0.3 is 15.0 Å². The van der Waals surface area contributed by atoms with E-state index < -0.39 is 64.9 Å². The third-order valence-corrected chi connectivity index (χ3v) is 6.58. The number of alkyl halides is 5. The Morgan fingerprint density at radius 2 is 1.80 bits per heavy atom. The fourth-order valence-corrected chi connectivity index (χ4v) is 4.57. The first kappa shape index (κ1) is 29.0. The molecule has 0 aromatic heterocycles. The van der Waals surface area contributed by atoms with Crippen LogP contribution in [0.15, 0.2) is 36.4 Å². The molecule has 40 heavy (non-hydrogen) atoms. The molecule has 0 spiro atoms. The number of benzene rings is 2. The summed E-state index contributed by atoms with van der Waals surface area (Å²) in [5, 5.41) is 4.04. The van der Waals surface area contributed by atoms with Gasteiger partial charge in [-0.3, -0.25) is 24.5 Å². The first-order valence-electron chi connectivity index (χ1n) is 12.2. The van der Waals surface area contributed by atoms with E-state index in [1.165, 1.54) is 18.2 Å². The fraction of sp³-hybridized carbons (Fsp3) is 0.385. The number of piperidine rings is 1. The van der Waals surface area contributed by atoms with Crippen LogP contribution in [0.1, 0.15) is 59.3 Å². The van der Waals surface area contributed by atoms with E-state index in [2.05, 4.69) is 5.32 Å². The van der Waals surface area contributed by atoms with Crippen LogP contribution < -0.4 is 15.4 Å². The molecule has 4 amide bonds. The van der Waals surface area contributed by atoms with E-state index in [1.807, 2.05) is 5.32 Å². The van der Waals surface area contributed by atoms with Gasteiger partial charge >= 0.3 is 12.1 Å². The summed E-state index contributed by atoms with van der Waals surface area (Å²) in [5.41, 5.74) is -4.16. The zero-order valence-electron chi connectivity index (χ0n) is 21.3. The zero-order chi connectivity index (χ0) is 29.6. The summed E-state index contributed by atoms with van der Waals surface area (Å²) in [6.45, 7) is 2.50. The van der Waals surface area contributed by atoms with Crippen LogP contribution in [0.5, 0.6) is 5.75 Å². The highest BCUT2D eigenvalue weighted by molar-refractivity contribution is 6.32. The van der Waals surface area contributed by atoms with Gasteiger partial charge in [-0.05, 0) is 55.7 Å². The molecule has 14 heteroatoms. The molecule has 2 heterocycles. The third-order valence-electron chi connectivity index (χ3n) is 6.58. The van der Waals surface area contributed by atoms with E-state index in [0.717, 1.165) is 11.0 Å². The number of carbonyl (C=O) groups excluding carboxylic acids is 4. The number of carbonyl (C=O) groups is 4. The molecule has 1 atom stereocenters. The number of ether oxygens (including phenoxy) is 1. The smallest absolute Gasteiger partial charge is 0.417 e. The summed E-state index contributed by atoms with van der Waals surface area (Å²) in [7, 11) is 6.17. The highest BCUT2D eigenvalue weighted by Gasteiger charge is 2.49. The highest BCUT2D eigenvalue weighted by atomic mass is 19.4. The second-order valence-corrected chi connectivity index (χ2v) is 9.81. The Kier molecular flexibility index (Phi) is 7.41.